The summed E-state index contributed by atoms with van der Waals surface area (Å²) in [5.41, 5.74) is 0. The number of nitrogens with zero attached hydrogens (tertiary/aromatic N) is 1. The van der Waals surface area contributed by atoms with Gasteiger partial charge in [0.05, 0.1) is 6.61 Å². The molecule has 0 aromatic heterocycles. The van der Waals surface area contributed by atoms with Crippen LogP contribution in [0.5, 0.6) is 0 Å². The molecule has 2 nitrogen and oxygen atoms in total. The minimum absolute atomic E-state index is 0.796. The molecule has 0 N–H and O–H groups in total. The third-order valence-electron chi connectivity index (χ3n) is 1.12. The van der Waals surface area contributed by atoms with Crippen LogP contribution in [-0.2, 0) is 4.74 Å². The van der Waals surface area contributed by atoms with Crippen molar-refractivity contribution >= 4 is 0 Å². The molecule has 0 radical (unpaired) electrons. The van der Waals surface area contributed by atoms with E-state index >= 15 is 0 Å². The van der Waals surface area contributed by atoms with E-state index in [2.05, 4.69) is 11.5 Å². The van der Waals surface area contributed by atoms with Crippen LogP contribution in [0.3, 0.4) is 0 Å². The lowest BCUT2D eigenvalue weighted by atomic mass is 10.5. The molecule has 0 atom stereocenters. The van der Waals surface area contributed by atoms with Crippen molar-refractivity contribution < 1.29 is 4.74 Å². The standard InChI is InChI=1S/C7H15NO.C2H6/c1-4-5-8(2)6-7-9-3;1-2/h4H,1,5-7H2,2-3H3;1-2H3. The van der Waals surface area contributed by atoms with Crippen molar-refractivity contribution in [1.82, 2.24) is 4.90 Å². The van der Waals surface area contributed by atoms with Gasteiger partial charge < -0.3 is 9.64 Å². The van der Waals surface area contributed by atoms with Crippen LogP contribution in [0, 0.1) is 0 Å². The Balaban J connectivity index is 0. The summed E-state index contributed by atoms with van der Waals surface area (Å²) in [6.07, 6.45) is 1.88. The van der Waals surface area contributed by atoms with Gasteiger partial charge in [-0.1, -0.05) is 19.9 Å². The van der Waals surface area contributed by atoms with Gasteiger partial charge in [0, 0.05) is 20.2 Å². The van der Waals surface area contributed by atoms with E-state index in [-0.39, 0.29) is 0 Å². The molecule has 0 unspecified atom stereocenters. The molecule has 11 heavy (non-hydrogen) atoms. The monoisotopic (exact) mass is 159 g/mol. The SMILES string of the molecule is C=CCN(C)CCOC.CC. The number of hydrogen-bond acceptors (Lipinski definition) is 2. The van der Waals surface area contributed by atoms with Crippen LogP contribution in [0.2, 0.25) is 0 Å². The summed E-state index contributed by atoms with van der Waals surface area (Å²) in [6.45, 7) is 10.3. The van der Waals surface area contributed by atoms with Gasteiger partial charge in [0.25, 0.3) is 0 Å². The van der Waals surface area contributed by atoms with Crippen molar-refractivity contribution in [3.8, 4) is 0 Å². The molecule has 0 heterocycles. The predicted molar refractivity (Wildman–Crippen MR) is 50.9 cm³/mol. The van der Waals surface area contributed by atoms with E-state index in [1.54, 1.807) is 7.11 Å². The number of methoxy groups -OCH3 is 1. The van der Waals surface area contributed by atoms with Crippen LogP contribution in [0.4, 0.5) is 0 Å². The Morgan fingerprint density at radius 3 is 2.36 bits per heavy atom. The molecule has 0 saturated heterocycles. The van der Waals surface area contributed by atoms with Gasteiger partial charge in [-0.25, -0.2) is 0 Å². The van der Waals surface area contributed by atoms with Crippen LogP contribution in [0.1, 0.15) is 13.8 Å². The molecule has 0 bridgehead atoms. The van der Waals surface area contributed by atoms with Gasteiger partial charge in [-0.15, -0.1) is 6.58 Å². The Kier molecular flexibility index (Phi) is 14.9. The average Bonchev–Trinajstić information content (AvgIpc) is 2.05. The third kappa shape index (κ3) is 12.8. The van der Waals surface area contributed by atoms with Crippen LogP contribution in [0.25, 0.3) is 0 Å². The maximum atomic E-state index is 4.88. The molecular weight excluding hydrogens is 138 g/mol. The summed E-state index contributed by atoms with van der Waals surface area (Å²) >= 11 is 0. The first kappa shape index (κ1) is 13.3. The highest BCUT2D eigenvalue weighted by Gasteiger charge is 1.91. The van der Waals surface area contributed by atoms with Crippen molar-refractivity contribution in [2.75, 3.05) is 33.9 Å². The fraction of sp³-hybridized carbons (Fsp3) is 0.778. The molecule has 68 valence electrons. The summed E-state index contributed by atoms with van der Waals surface area (Å²) in [5.74, 6) is 0. The number of hydrogen-bond donors (Lipinski definition) is 0. The van der Waals surface area contributed by atoms with E-state index in [1.807, 2.05) is 27.0 Å². The van der Waals surface area contributed by atoms with Gasteiger partial charge >= 0.3 is 0 Å². The van der Waals surface area contributed by atoms with Crippen LogP contribution in [-0.4, -0.2) is 38.8 Å². The normalized spacial score (nSPS) is 8.82. The number of likely N-dealkylation sites (N-methyl/N-ethyl adjacent to an activating group) is 1. The van der Waals surface area contributed by atoms with Gasteiger partial charge in [-0.3, -0.25) is 0 Å². The summed E-state index contributed by atoms with van der Waals surface area (Å²) in [5, 5.41) is 0. The second-order valence-electron chi connectivity index (χ2n) is 2.04. The first-order chi connectivity index (χ1) is 5.31. The Bertz CT molecular complexity index is 74.0. The van der Waals surface area contributed by atoms with Crippen molar-refractivity contribution in [2.24, 2.45) is 0 Å². The molecule has 0 aliphatic heterocycles. The molecule has 0 amide bonds. The van der Waals surface area contributed by atoms with Crippen molar-refractivity contribution in [1.29, 1.82) is 0 Å². The molecule has 0 aromatic rings. The zero-order valence-electron chi connectivity index (χ0n) is 8.26. The molecule has 0 aromatic carbocycles. The highest BCUT2D eigenvalue weighted by Crippen LogP contribution is 1.80. The molecular formula is C9H21NO. The maximum absolute atomic E-state index is 4.88. The second kappa shape index (κ2) is 12.3. The molecule has 0 fully saturated rings. The molecule has 0 aliphatic carbocycles. The lowest BCUT2D eigenvalue weighted by Gasteiger charge is -2.12. The van der Waals surface area contributed by atoms with Crippen molar-refractivity contribution in [3.05, 3.63) is 12.7 Å². The summed E-state index contributed by atoms with van der Waals surface area (Å²) in [7, 11) is 3.75. The minimum atomic E-state index is 0.796. The van der Waals surface area contributed by atoms with Crippen LogP contribution in [0.15, 0.2) is 12.7 Å². The first-order valence-electron chi connectivity index (χ1n) is 4.09. The van der Waals surface area contributed by atoms with Gasteiger partial charge in [0.1, 0.15) is 0 Å². The second-order valence-corrected chi connectivity index (χ2v) is 2.04. The van der Waals surface area contributed by atoms with Gasteiger partial charge in [-0.2, -0.15) is 0 Å². The lowest BCUT2D eigenvalue weighted by Crippen LogP contribution is -2.22. The van der Waals surface area contributed by atoms with Gasteiger partial charge in [-0.05, 0) is 7.05 Å². The fourth-order valence-corrected chi connectivity index (χ4v) is 0.559. The summed E-state index contributed by atoms with van der Waals surface area (Å²) < 4.78 is 4.88. The fourth-order valence-electron chi connectivity index (χ4n) is 0.559. The van der Waals surface area contributed by atoms with Crippen molar-refractivity contribution in [2.45, 2.75) is 13.8 Å². The maximum Gasteiger partial charge on any atom is 0.0589 e. The summed E-state index contributed by atoms with van der Waals surface area (Å²) in [4.78, 5) is 2.15. The highest BCUT2D eigenvalue weighted by atomic mass is 16.5. The van der Waals surface area contributed by atoms with Gasteiger partial charge in [0.15, 0.2) is 0 Å². The predicted octanol–water partition coefficient (Wildman–Crippen LogP) is 1.78. The first-order valence-corrected chi connectivity index (χ1v) is 4.09. The van der Waals surface area contributed by atoms with Crippen LogP contribution >= 0.6 is 0 Å². The topological polar surface area (TPSA) is 12.5 Å². The van der Waals surface area contributed by atoms with E-state index in [0.717, 1.165) is 19.7 Å². The smallest absolute Gasteiger partial charge is 0.0589 e. The van der Waals surface area contributed by atoms with Crippen molar-refractivity contribution in [3.63, 3.8) is 0 Å². The Morgan fingerprint density at radius 1 is 1.45 bits per heavy atom. The largest absolute Gasteiger partial charge is 0.383 e. The zero-order chi connectivity index (χ0) is 9.11. The number of rotatable bonds is 5. The van der Waals surface area contributed by atoms with Crippen LogP contribution < -0.4 is 0 Å². The molecule has 0 saturated carbocycles. The number of ether oxygens (including phenoxy) is 1. The summed E-state index contributed by atoms with van der Waals surface area (Å²) in [6, 6.07) is 0. The molecule has 0 spiro atoms. The molecule has 2 heteroatoms. The third-order valence-corrected chi connectivity index (χ3v) is 1.12. The molecule has 0 rings (SSSR count). The average molecular weight is 159 g/mol. The van der Waals surface area contributed by atoms with Gasteiger partial charge in [0.2, 0.25) is 0 Å². The Hall–Kier alpha value is -0.340. The van der Waals surface area contributed by atoms with E-state index in [1.165, 1.54) is 0 Å². The van der Waals surface area contributed by atoms with E-state index < -0.39 is 0 Å². The highest BCUT2D eigenvalue weighted by molar-refractivity contribution is 4.70. The van der Waals surface area contributed by atoms with E-state index in [4.69, 9.17) is 4.74 Å². The van der Waals surface area contributed by atoms with E-state index in [0.29, 0.717) is 0 Å². The van der Waals surface area contributed by atoms with E-state index in [9.17, 15) is 0 Å². The minimum Gasteiger partial charge on any atom is -0.383 e. The lowest BCUT2D eigenvalue weighted by molar-refractivity contribution is 0.166. The quantitative estimate of drug-likeness (QED) is 0.567. The zero-order valence-corrected chi connectivity index (χ0v) is 8.26. The Morgan fingerprint density at radius 2 is 2.00 bits per heavy atom. The molecule has 0 aliphatic rings. The Labute approximate surface area is 70.8 Å².